The van der Waals surface area contributed by atoms with Gasteiger partial charge in [0.1, 0.15) is 0 Å². The Morgan fingerprint density at radius 1 is 1.14 bits per heavy atom. The van der Waals surface area contributed by atoms with E-state index in [4.69, 9.17) is 5.73 Å². The van der Waals surface area contributed by atoms with Crippen LogP contribution in [0.2, 0.25) is 0 Å². The molecule has 2 aromatic rings. The summed E-state index contributed by atoms with van der Waals surface area (Å²) in [4.78, 5) is 14.2. The highest BCUT2D eigenvalue weighted by Crippen LogP contribution is 2.24. The van der Waals surface area contributed by atoms with Crippen LogP contribution in [0.3, 0.4) is 0 Å². The second-order valence-electron chi connectivity index (χ2n) is 5.23. The maximum Gasteiger partial charge on any atom is 0.238 e. The molecule has 1 amide bonds. The van der Waals surface area contributed by atoms with Gasteiger partial charge in [0.2, 0.25) is 5.91 Å². The lowest BCUT2D eigenvalue weighted by Gasteiger charge is -2.14. The minimum absolute atomic E-state index is 0.00176. The van der Waals surface area contributed by atoms with Gasteiger partial charge in [-0.05, 0) is 47.5 Å². The number of nitrogen functional groups attached to an aromatic ring is 1. The summed E-state index contributed by atoms with van der Waals surface area (Å²) in [6.07, 6.45) is 0. The molecule has 0 fully saturated rings. The quantitative estimate of drug-likeness (QED) is 0.840. The molecule has 0 saturated carbocycles. The van der Waals surface area contributed by atoms with Gasteiger partial charge in [0.25, 0.3) is 0 Å². The first-order valence-corrected chi connectivity index (χ1v) is 7.54. The minimum Gasteiger partial charge on any atom is -0.399 e. The lowest BCUT2D eigenvalue weighted by molar-refractivity contribution is -0.117. The van der Waals surface area contributed by atoms with Gasteiger partial charge < -0.3 is 11.1 Å². The van der Waals surface area contributed by atoms with Crippen LogP contribution in [-0.4, -0.2) is 17.4 Å². The van der Waals surface area contributed by atoms with Crippen LogP contribution < -0.4 is 11.1 Å². The number of nitrogens with zero attached hydrogens (tertiary/aromatic N) is 1. The van der Waals surface area contributed by atoms with Crippen LogP contribution in [0.5, 0.6) is 0 Å². The van der Waals surface area contributed by atoms with E-state index >= 15 is 0 Å². The van der Waals surface area contributed by atoms with E-state index in [1.54, 1.807) is 0 Å². The molecule has 0 unspecified atom stereocenters. The Morgan fingerprint density at radius 2 is 1.86 bits per heavy atom. The van der Waals surface area contributed by atoms with Gasteiger partial charge in [0.15, 0.2) is 0 Å². The molecule has 0 bridgehead atoms. The van der Waals surface area contributed by atoms with Gasteiger partial charge in [-0.15, -0.1) is 0 Å². The summed E-state index contributed by atoms with van der Waals surface area (Å²) in [6.45, 7) is 1.95. The Hall–Kier alpha value is -1.85. The van der Waals surface area contributed by atoms with Gasteiger partial charge in [-0.3, -0.25) is 9.69 Å². The zero-order valence-corrected chi connectivity index (χ0v) is 13.1. The molecule has 0 aromatic heterocycles. The summed E-state index contributed by atoms with van der Waals surface area (Å²) in [5.41, 5.74) is 9.84. The zero-order valence-electron chi connectivity index (χ0n) is 11.5. The molecule has 21 heavy (non-hydrogen) atoms. The van der Waals surface area contributed by atoms with E-state index in [-0.39, 0.29) is 5.91 Å². The predicted octanol–water partition coefficient (Wildman–Crippen LogP) is 2.99. The monoisotopic (exact) mass is 345 g/mol. The van der Waals surface area contributed by atoms with Gasteiger partial charge >= 0.3 is 0 Å². The van der Waals surface area contributed by atoms with Crippen molar-refractivity contribution in [3.8, 4) is 0 Å². The van der Waals surface area contributed by atoms with Gasteiger partial charge in [-0.1, -0.05) is 22.0 Å². The number of anilines is 2. The third kappa shape index (κ3) is 3.43. The van der Waals surface area contributed by atoms with E-state index in [1.807, 2.05) is 42.5 Å². The van der Waals surface area contributed by atoms with Crippen molar-refractivity contribution in [1.29, 1.82) is 0 Å². The Balaban J connectivity index is 1.58. The number of halogens is 1. The average molecular weight is 346 g/mol. The molecule has 5 heteroatoms. The Kier molecular flexibility index (Phi) is 3.94. The number of fused-ring (bicyclic) bond motifs is 1. The van der Waals surface area contributed by atoms with E-state index in [2.05, 4.69) is 26.1 Å². The molecule has 4 nitrogen and oxygen atoms in total. The smallest absolute Gasteiger partial charge is 0.238 e. The summed E-state index contributed by atoms with van der Waals surface area (Å²) >= 11 is 3.37. The van der Waals surface area contributed by atoms with Crippen molar-refractivity contribution >= 4 is 33.2 Å². The summed E-state index contributed by atoms with van der Waals surface area (Å²) in [7, 11) is 0. The second-order valence-corrected chi connectivity index (χ2v) is 6.14. The fraction of sp³-hybridized carbons (Fsp3) is 0.188. The van der Waals surface area contributed by atoms with Gasteiger partial charge in [0, 0.05) is 28.9 Å². The largest absolute Gasteiger partial charge is 0.399 e. The number of hydrogen-bond donors (Lipinski definition) is 2. The minimum atomic E-state index is -0.00176. The van der Waals surface area contributed by atoms with E-state index < -0.39 is 0 Å². The van der Waals surface area contributed by atoms with Crippen molar-refractivity contribution in [3.63, 3.8) is 0 Å². The molecule has 0 aliphatic carbocycles. The first-order valence-electron chi connectivity index (χ1n) is 6.75. The average Bonchev–Trinajstić information content (AvgIpc) is 2.82. The highest BCUT2D eigenvalue weighted by Gasteiger charge is 2.20. The molecule has 3 N–H and O–H groups in total. The second kappa shape index (κ2) is 5.87. The number of amides is 1. The van der Waals surface area contributed by atoms with E-state index in [9.17, 15) is 4.79 Å². The normalized spacial score (nSPS) is 14.0. The van der Waals surface area contributed by atoms with Crippen LogP contribution in [-0.2, 0) is 17.9 Å². The number of nitrogens with two attached hydrogens (primary N) is 1. The summed E-state index contributed by atoms with van der Waals surface area (Å²) < 4.78 is 0.994. The Bertz CT molecular complexity index is 670. The number of rotatable bonds is 3. The standard InChI is InChI=1S/C16H16BrN3O/c17-13-2-5-15(6-3-13)19-16(21)10-20-8-11-1-4-14(18)7-12(11)9-20/h1-7H,8-10,18H2,(H,19,21). The molecule has 3 rings (SSSR count). The number of carbonyl (C=O) groups is 1. The van der Waals surface area contributed by atoms with Crippen molar-refractivity contribution < 1.29 is 4.79 Å². The first kappa shape index (κ1) is 14.1. The topological polar surface area (TPSA) is 58.4 Å². The molecule has 108 valence electrons. The van der Waals surface area contributed by atoms with E-state index in [0.717, 1.165) is 28.9 Å². The highest BCUT2D eigenvalue weighted by molar-refractivity contribution is 9.10. The van der Waals surface area contributed by atoms with Crippen molar-refractivity contribution in [3.05, 3.63) is 58.1 Å². The van der Waals surface area contributed by atoms with Crippen molar-refractivity contribution in [2.75, 3.05) is 17.6 Å². The summed E-state index contributed by atoms with van der Waals surface area (Å²) in [5, 5.41) is 2.91. The Morgan fingerprint density at radius 3 is 2.62 bits per heavy atom. The predicted molar refractivity (Wildman–Crippen MR) is 87.7 cm³/mol. The Labute approximate surface area is 132 Å². The maximum absolute atomic E-state index is 12.1. The zero-order chi connectivity index (χ0) is 14.8. The molecular formula is C16H16BrN3O. The van der Waals surface area contributed by atoms with Crippen LogP contribution in [0.4, 0.5) is 11.4 Å². The van der Waals surface area contributed by atoms with Crippen LogP contribution in [0, 0.1) is 0 Å². The number of carbonyl (C=O) groups excluding carboxylic acids is 1. The van der Waals surface area contributed by atoms with Gasteiger partial charge in [0.05, 0.1) is 6.54 Å². The van der Waals surface area contributed by atoms with Gasteiger partial charge in [-0.2, -0.15) is 0 Å². The third-order valence-electron chi connectivity index (χ3n) is 3.51. The maximum atomic E-state index is 12.1. The number of benzene rings is 2. The van der Waals surface area contributed by atoms with Crippen molar-refractivity contribution in [1.82, 2.24) is 4.90 Å². The van der Waals surface area contributed by atoms with Crippen molar-refractivity contribution in [2.45, 2.75) is 13.1 Å². The molecular weight excluding hydrogens is 330 g/mol. The molecule has 1 aliphatic heterocycles. The van der Waals surface area contributed by atoms with Crippen LogP contribution in [0.25, 0.3) is 0 Å². The fourth-order valence-corrected chi connectivity index (χ4v) is 2.80. The molecule has 1 aliphatic rings. The SMILES string of the molecule is Nc1ccc2c(c1)CN(CC(=O)Nc1ccc(Br)cc1)C2. The number of nitrogens with one attached hydrogen (secondary N) is 1. The number of hydrogen-bond acceptors (Lipinski definition) is 3. The molecule has 1 heterocycles. The molecule has 0 atom stereocenters. The van der Waals surface area contributed by atoms with Crippen LogP contribution >= 0.6 is 15.9 Å². The van der Waals surface area contributed by atoms with E-state index in [0.29, 0.717) is 6.54 Å². The molecule has 0 radical (unpaired) electrons. The van der Waals surface area contributed by atoms with E-state index in [1.165, 1.54) is 11.1 Å². The lowest BCUT2D eigenvalue weighted by atomic mass is 10.1. The molecule has 2 aromatic carbocycles. The summed E-state index contributed by atoms with van der Waals surface area (Å²) in [5.74, 6) is -0.00176. The highest BCUT2D eigenvalue weighted by atomic mass is 79.9. The molecule has 0 spiro atoms. The third-order valence-corrected chi connectivity index (χ3v) is 4.04. The fourth-order valence-electron chi connectivity index (χ4n) is 2.53. The molecule has 0 saturated heterocycles. The van der Waals surface area contributed by atoms with Gasteiger partial charge in [-0.25, -0.2) is 0 Å². The first-order chi connectivity index (χ1) is 10.1. The summed E-state index contributed by atoms with van der Waals surface area (Å²) in [6, 6.07) is 13.5. The van der Waals surface area contributed by atoms with Crippen molar-refractivity contribution in [2.24, 2.45) is 0 Å². The lowest BCUT2D eigenvalue weighted by Crippen LogP contribution is -2.29. The van der Waals surface area contributed by atoms with Crippen LogP contribution in [0.15, 0.2) is 46.9 Å². The van der Waals surface area contributed by atoms with Crippen LogP contribution in [0.1, 0.15) is 11.1 Å².